The van der Waals surface area contributed by atoms with Gasteiger partial charge in [0.05, 0.1) is 6.67 Å². The standard InChI is InChI=1S/C27H44N4O/c1-22(2)23-11-13-24(14-12-23)29-19-15-27(16-20-29)26(32)30(18-8-17-28(3)4)21-31(27)25-9-6-5-7-10-25/h5-7,9-10,22-24H,8,11-21H2,1-4H3/t23-,24+. The van der Waals surface area contributed by atoms with Gasteiger partial charge in [-0.25, -0.2) is 0 Å². The second-order valence-electron chi connectivity index (χ2n) is 11.0. The van der Waals surface area contributed by atoms with Crippen LogP contribution in [-0.4, -0.2) is 79.1 Å². The van der Waals surface area contributed by atoms with Crippen molar-refractivity contribution < 1.29 is 4.79 Å². The van der Waals surface area contributed by atoms with E-state index in [2.05, 4.69) is 77.9 Å². The van der Waals surface area contributed by atoms with Crippen molar-refractivity contribution in [2.75, 3.05) is 51.8 Å². The topological polar surface area (TPSA) is 30.0 Å². The van der Waals surface area contributed by atoms with Gasteiger partial charge >= 0.3 is 0 Å². The lowest BCUT2D eigenvalue weighted by Gasteiger charge is -2.47. The van der Waals surface area contributed by atoms with Crippen LogP contribution in [0.1, 0.15) is 58.8 Å². The molecule has 0 aromatic heterocycles. The highest BCUT2D eigenvalue weighted by atomic mass is 16.2. The first-order valence-electron chi connectivity index (χ1n) is 12.9. The zero-order valence-corrected chi connectivity index (χ0v) is 20.8. The lowest BCUT2D eigenvalue weighted by atomic mass is 9.78. The molecule has 32 heavy (non-hydrogen) atoms. The summed E-state index contributed by atoms with van der Waals surface area (Å²) in [6, 6.07) is 11.4. The number of benzene rings is 1. The highest BCUT2D eigenvalue weighted by Gasteiger charge is 2.53. The predicted octanol–water partition coefficient (Wildman–Crippen LogP) is 4.29. The normalized spacial score (nSPS) is 26.6. The van der Waals surface area contributed by atoms with Crippen molar-refractivity contribution in [2.24, 2.45) is 11.8 Å². The Morgan fingerprint density at radius 3 is 2.28 bits per heavy atom. The van der Waals surface area contributed by atoms with Gasteiger partial charge in [0.2, 0.25) is 5.91 Å². The first-order chi connectivity index (χ1) is 15.4. The molecule has 2 aliphatic heterocycles. The third-order valence-electron chi connectivity index (χ3n) is 8.44. The molecule has 3 fully saturated rings. The maximum atomic E-state index is 13.8. The van der Waals surface area contributed by atoms with Crippen molar-refractivity contribution >= 4 is 11.6 Å². The van der Waals surface area contributed by atoms with Gasteiger partial charge < -0.3 is 19.6 Å². The zero-order chi connectivity index (χ0) is 22.7. The number of para-hydroxylation sites is 1. The summed E-state index contributed by atoms with van der Waals surface area (Å²) in [5.74, 6) is 2.08. The summed E-state index contributed by atoms with van der Waals surface area (Å²) in [6.45, 7) is 9.47. The summed E-state index contributed by atoms with van der Waals surface area (Å²) < 4.78 is 0. The van der Waals surface area contributed by atoms with Crippen LogP contribution in [0.4, 0.5) is 5.69 Å². The Bertz CT molecular complexity index is 733. The van der Waals surface area contributed by atoms with Crippen LogP contribution in [0.3, 0.4) is 0 Å². The van der Waals surface area contributed by atoms with Crippen LogP contribution in [-0.2, 0) is 4.79 Å². The second-order valence-corrected chi connectivity index (χ2v) is 11.0. The van der Waals surface area contributed by atoms with Crippen molar-refractivity contribution in [3.8, 4) is 0 Å². The van der Waals surface area contributed by atoms with Crippen molar-refractivity contribution in [2.45, 2.75) is 70.4 Å². The summed E-state index contributed by atoms with van der Waals surface area (Å²) in [5, 5.41) is 0. The average molecular weight is 441 g/mol. The van der Waals surface area contributed by atoms with E-state index >= 15 is 0 Å². The Labute approximate surface area is 195 Å². The van der Waals surface area contributed by atoms with Gasteiger partial charge in [-0.3, -0.25) is 4.79 Å². The number of nitrogens with zero attached hydrogens (tertiary/aromatic N) is 4. The molecule has 3 aliphatic rings. The van der Waals surface area contributed by atoms with E-state index in [1.165, 1.54) is 31.4 Å². The molecular weight excluding hydrogens is 396 g/mol. The van der Waals surface area contributed by atoms with E-state index in [0.717, 1.165) is 70.0 Å². The molecule has 2 saturated heterocycles. The molecule has 1 aromatic carbocycles. The summed E-state index contributed by atoms with van der Waals surface area (Å²) in [5.41, 5.74) is 0.840. The molecule has 2 heterocycles. The first-order valence-corrected chi connectivity index (χ1v) is 12.9. The number of hydrogen-bond donors (Lipinski definition) is 0. The van der Waals surface area contributed by atoms with Crippen molar-refractivity contribution in [1.29, 1.82) is 0 Å². The highest BCUT2D eigenvalue weighted by molar-refractivity contribution is 5.93. The van der Waals surface area contributed by atoms with E-state index in [0.29, 0.717) is 5.91 Å². The Morgan fingerprint density at radius 2 is 1.69 bits per heavy atom. The van der Waals surface area contributed by atoms with E-state index in [1.54, 1.807) is 0 Å². The minimum Gasteiger partial charge on any atom is -0.339 e. The van der Waals surface area contributed by atoms with Gasteiger partial charge in [-0.2, -0.15) is 0 Å². The number of likely N-dealkylation sites (tertiary alicyclic amines) is 1. The van der Waals surface area contributed by atoms with Crippen molar-refractivity contribution in [3.63, 3.8) is 0 Å². The van der Waals surface area contributed by atoms with Gasteiger partial charge in [0.1, 0.15) is 5.54 Å². The van der Waals surface area contributed by atoms with Crippen molar-refractivity contribution in [1.82, 2.24) is 14.7 Å². The molecule has 0 N–H and O–H groups in total. The molecule has 4 rings (SSSR count). The minimum absolute atomic E-state index is 0.356. The third-order valence-corrected chi connectivity index (χ3v) is 8.44. The van der Waals surface area contributed by atoms with Crippen LogP contribution >= 0.6 is 0 Å². The Kier molecular flexibility index (Phi) is 7.46. The number of carbonyl (C=O) groups is 1. The number of carbonyl (C=O) groups excluding carboxylic acids is 1. The fraction of sp³-hybridized carbons (Fsp3) is 0.741. The van der Waals surface area contributed by atoms with E-state index in [1.807, 2.05) is 0 Å². The van der Waals surface area contributed by atoms with Gasteiger partial charge in [0.15, 0.2) is 0 Å². The van der Waals surface area contributed by atoms with E-state index in [-0.39, 0.29) is 5.54 Å². The second kappa shape index (κ2) is 10.1. The van der Waals surface area contributed by atoms with Gasteiger partial charge in [-0.15, -0.1) is 0 Å². The quantitative estimate of drug-likeness (QED) is 0.633. The molecular formula is C27H44N4O. The third kappa shape index (κ3) is 4.84. The largest absolute Gasteiger partial charge is 0.339 e. The highest BCUT2D eigenvalue weighted by Crippen LogP contribution is 2.41. The smallest absolute Gasteiger partial charge is 0.250 e. The van der Waals surface area contributed by atoms with Crippen LogP contribution in [0.25, 0.3) is 0 Å². The minimum atomic E-state index is -0.356. The number of hydrogen-bond acceptors (Lipinski definition) is 4. The van der Waals surface area contributed by atoms with Crippen LogP contribution < -0.4 is 4.90 Å². The number of rotatable bonds is 7. The number of anilines is 1. The van der Waals surface area contributed by atoms with Gasteiger partial charge in [0, 0.05) is 31.4 Å². The van der Waals surface area contributed by atoms with Gasteiger partial charge in [-0.1, -0.05) is 32.0 Å². The molecule has 1 amide bonds. The fourth-order valence-electron chi connectivity index (χ4n) is 6.34. The number of piperidine rings is 1. The van der Waals surface area contributed by atoms with E-state index < -0.39 is 0 Å². The summed E-state index contributed by atoms with van der Waals surface area (Å²) in [7, 11) is 4.21. The Balaban J connectivity index is 1.44. The SMILES string of the molecule is CC(C)[C@H]1CC[C@@H](N2CCC3(CC2)C(=O)N(CCCN(C)C)CN3c2ccccc2)CC1. The summed E-state index contributed by atoms with van der Waals surface area (Å²) >= 11 is 0. The zero-order valence-electron chi connectivity index (χ0n) is 20.8. The van der Waals surface area contributed by atoms with Crippen molar-refractivity contribution in [3.05, 3.63) is 30.3 Å². The molecule has 5 nitrogen and oxygen atoms in total. The molecule has 1 aliphatic carbocycles. The van der Waals surface area contributed by atoms with Crippen LogP contribution in [0.2, 0.25) is 0 Å². The maximum Gasteiger partial charge on any atom is 0.250 e. The lowest BCUT2D eigenvalue weighted by Crippen LogP contribution is -2.58. The molecule has 1 spiro atoms. The lowest BCUT2D eigenvalue weighted by molar-refractivity contribution is -0.134. The van der Waals surface area contributed by atoms with E-state index in [4.69, 9.17) is 0 Å². The molecule has 178 valence electrons. The Morgan fingerprint density at radius 1 is 1.03 bits per heavy atom. The Hall–Kier alpha value is -1.59. The summed E-state index contributed by atoms with van der Waals surface area (Å²) in [4.78, 5) is 23.3. The monoisotopic (exact) mass is 440 g/mol. The number of amides is 1. The maximum absolute atomic E-state index is 13.8. The summed E-state index contributed by atoms with van der Waals surface area (Å²) in [6.07, 6.45) is 8.36. The molecule has 0 atom stereocenters. The van der Waals surface area contributed by atoms with E-state index in [9.17, 15) is 4.79 Å². The first kappa shape index (κ1) is 23.6. The fourth-order valence-corrected chi connectivity index (χ4v) is 6.34. The van der Waals surface area contributed by atoms with Gasteiger partial charge in [-0.05, 0) is 89.6 Å². The van der Waals surface area contributed by atoms with Crippen LogP contribution in [0, 0.1) is 11.8 Å². The predicted molar refractivity (Wildman–Crippen MR) is 133 cm³/mol. The molecule has 1 saturated carbocycles. The molecule has 0 bridgehead atoms. The van der Waals surface area contributed by atoms with Crippen LogP contribution in [0.15, 0.2) is 30.3 Å². The van der Waals surface area contributed by atoms with Gasteiger partial charge in [0.25, 0.3) is 0 Å². The molecule has 0 radical (unpaired) electrons. The average Bonchev–Trinajstić information content (AvgIpc) is 3.06. The molecule has 1 aromatic rings. The molecule has 0 unspecified atom stereocenters. The van der Waals surface area contributed by atoms with Crippen LogP contribution in [0.5, 0.6) is 0 Å². The molecule has 5 heteroatoms.